The van der Waals surface area contributed by atoms with Crippen molar-refractivity contribution in [1.29, 1.82) is 0 Å². The van der Waals surface area contributed by atoms with Crippen LogP contribution in [0.15, 0.2) is 18.2 Å². The molecule has 1 aromatic rings. The predicted molar refractivity (Wildman–Crippen MR) is 89.5 cm³/mol. The standard InChI is InChI=1S/C18H27NO4/c1-4-14(3)23-16-11-13(2)9-10-15(16)12-19-17(20)7-5-6-8-18(21)22/h9-11,14H,4-8,12H2,1-3H3,(H,19,20)(H,21,22). The van der Waals surface area contributed by atoms with Crippen LogP contribution in [0.1, 0.15) is 57.1 Å². The molecule has 0 aliphatic rings. The summed E-state index contributed by atoms with van der Waals surface area (Å²) in [5.41, 5.74) is 2.07. The highest BCUT2D eigenvalue weighted by molar-refractivity contribution is 5.76. The van der Waals surface area contributed by atoms with E-state index >= 15 is 0 Å². The fraction of sp³-hybridized carbons (Fsp3) is 0.556. The Labute approximate surface area is 138 Å². The number of aryl methyl sites for hydroxylation is 1. The summed E-state index contributed by atoms with van der Waals surface area (Å²) in [6.07, 6.45) is 2.61. The average molecular weight is 321 g/mol. The van der Waals surface area contributed by atoms with Crippen molar-refractivity contribution in [2.24, 2.45) is 0 Å². The second kappa shape index (κ2) is 9.87. The third-order valence-corrected chi connectivity index (χ3v) is 3.65. The van der Waals surface area contributed by atoms with Crippen LogP contribution in [0, 0.1) is 6.92 Å². The Balaban J connectivity index is 2.49. The number of hydrogen-bond donors (Lipinski definition) is 2. The van der Waals surface area contributed by atoms with Crippen LogP contribution in [0.4, 0.5) is 0 Å². The molecular formula is C18H27NO4. The Hall–Kier alpha value is -2.04. The van der Waals surface area contributed by atoms with Crippen LogP contribution in [0.5, 0.6) is 5.75 Å². The molecule has 1 aromatic carbocycles. The van der Waals surface area contributed by atoms with Crippen LogP contribution in [0.3, 0.4) is 0 Å². The minimum absolute atomic E-state index is 0.0644. The Morgan fingerprint density at radius 3 is 2.61 bits per heavy atom. The minimum atomic E-state index is -0.822. The van der Waals surface area contributed by atoms with Crippen molar-refractivity contribution in [3.63, 3.8) is 0 Å². The SMILES string of the molecule is CCC(C)Oc1cc(C)ccc1CNC(=O)CCCCC(=O)O. The fourth-order valence-electron chi connectivity index (χ4n) is 2.06. The first-order valence-electron chi connectivity index (χ1n) is 8.17. The number of carboxylic acids is 1. The third kappa shape index (κ3) is 7.68. The van der Waals surface area contributed by atoms with Gasteiger partial charge in [0.1, 0.15) is 5.75 Å². The van der Waals surface area contributed by atoms with E-state index in [1.807, 2.05) is 32.0 Å². The van der Waals surface area contributed by atoms with Gasteiger partial charge in [0.15, 0.2) is 0 Å². The molecule has 1 amide bonds. The van der Waals surface area contributed by atoms with Gasteiger partial charge in [0.25, 0.3) is 0 Å². The van der Waals surface area contributed by atoms with Crippen LogP contribution in [0.2, 0.25) is 0 Å². The van der Waals surface area contributed by atoms with E-state index in [0.717, 1.165) is 23.3 Å². The molecule has 0 heterocycles. The summed E-state index contributed by atoms with van der Waals surface area (Å²) in [5.74, 6) is -0.0760. The van der Waals surface area contributed by atoms with E-state index in [0.29, 0.717) is 25.8 Å². The zero-order valence-corrected chi connectivity index (χ0v) is 14.2. The van der Waals surface area contributed by atoms with Crippen LogP contribution in [-0.2, 0) is 16.1 Å². The molecule has 0 bridgehead atoms. The van der Waals surface area contributed by atoms with Gasteiger partial charge >= 0.3 is 5.97 Å². The van der Waals surface area contributed by atoms with E-state index in [1.165, 1.54) is 0 Å². The number of ether oxygens (including phenoxy) is 1. The number of carbonyl (C=O) groups excluding carboxylic acids is 1. The van der Waals surface area contributed by atoms with Crippen LogP contribution < -0.4 is 10.1 Å². The van der Waals surface area contributed by atoms with Gasteiger partial charge in [-0.25, -0.2) is 0 Å². The molecule has 0 fully saturated rings. The van der Waals surface area contributed by atoms with Gasteiger partial charge in [0, 0.05) is 24.9 Å². The lowest BCUT2D eigenvalue weighted by Crippen LogP contribution is -2.23. The highest BCUT2D eigenvalue weighted by Crippen LogP contribution is 2.22. The summed E-state index contributed by atoms with van der Waals surface area (Å²) in [6, 6.07) is 5.95. The number of carbonyl (C=O) groups is 2. The fourth-order valence-corrected chi connectivity index (χ4v) is 2.06. The summed E-state index contributed by atoms with van der Waals surface area (Å²) in [5, 5.41) is 11.4. The second-order valence-corrected chi connectivity index (χ2v) is 5.83. The molecule has 0 spiro atoms. The largest absolute Gasteiger partial charge is 0.490 e. The number of carboxylic acid groups (broad SMARTS) is 1. The Kier molecular flexibility index (Phi) is 8.16. The maximum Gasteiger partial charge on any atom is 0.303 e. The third-order valence-electron chi connectivity index (χ3n) is 3.65. The highest BCUT2D eigenvalue weighted by Gasteiger charge is 2.09. The molecule has 1 unspecified atom stereocenters. The van der Waals surface area contributed by atoms with Crippen molar-refractivity contribution >= 4 is 11.9 Å². The summed E-state index contributed by atoms with van der Waals surface area (Å²) >= 11 is 0. The van der Waals surface area contributed by atoms with Gasteiger partial charge in [-0.05, 0) is 44.7 Å². The van der Waals surface area contributed by atoms with E-state index < -0.39 is 5.97 Å². The van der Waals surface area contributed by atoms with Crippen LogP contribution >= 0.6 is 0 Å². The minimum Gasteiger partial charge on any atom is -0.490 e. The van der Waals surface area contributed by atoms with Gasteiger partial charge in [-0.3, -0.25) is 9.59 Å². The van der Waals surface area contributed by atoms with E-state index in [-0.39, 0.29) is 18.4 Å². The topological polar surface area (TPSA) is 75.6 Å². The molecule has 0 saturated heterocycles. The first-order chi connectivity index (χ1) is 10.9. The maximum absolute atomic E-state index is 11.8. The normalized spacial score (nSPS) is 11.8. The molecule has 0 aromatic heterocycles. The molecule has 0 aliphatic carbocycles. The van der Waals surface area contributed by atoms with Gasteiger partial charge in [0.05, 0.1) is 6.10 Å². The van der Waals surface area contributed by atoms with Crippen LogP contribution in [-0.4, -0.2) is 23.1 Å². The van der Waals surface area contributed by atoms with Gasteiger partial charge < -0.3 is 15.2 Å². The Bertz CT molecular complexity index is 528. The van der Waals surface area contributed by atoms with Crippen LogP contribution in [0.25, 0.3) is 0 Å². The number of rotatable bonds is 10. The molecule has 5 nitrogen and oxygen atoms in total. The Morgan fingerprint density at radius 2 is 1.96 bits per heavy atom. The monoisotopic (exact) mass is 321 g/mol. The summed E-state index contributed by atoms with van der Waals surface area (Å²) in [6.45, 7) is 6.52. The summed E-state index contributed by atoms with van der Waals surface area (Å²) < 4.78 is 5.92. The Morgan fingerprint density at radius 1 is 1.26 bits per heavy atom. The quantitative estimate of drug-likeness (QED) is 0.647. The summed E-state index contributed by atoms with van der Waals surface area (Å²) in [4.78, 5) is 22.2. The first-order valence-corrected chi connectivity index (χ1v) is 8.17. The van der Waals surface area contributed by atoms with E-state index in [1.54, 1.807) is 0 Å². The van der Waals surface area contributed by atoms with E-state index in [9.17, 15) is 9.59 Å². The lowest BCUT2D eigenvalue weighted by molar-refractivity contribution is -0.137. The van der Waals surface area contributed by atoms with Crippen molar-refractivity contribution in [1.82, 2.24) is 5.32 Å². The molecule has 0 radical (unpaired) electrons. The summed E-state index contributed by atoms with van der Waals surface area (Å²) in [7, 11) is 0. The molecule has 0 aliphatic heterocycles. The van der Waals surface area contributed by atoms with E-state index in [2.05, 4.69) is 12.2 Å². The van der Waals surface area contributed by atoms with Crippen molar-refractivity contribution < 1.29 is 19.4 Å². The molecule has 128 valence electrons. The molecule has 0 saturated carbocycles. The number of amides is 1. The van der Waals surface area contributed by atoms with Crippen molar-refractivity contribution in [2.45, 2.75) is 65.5 Å². The molecule has 2 N–H and O–H groups in total. The highest BCUT2D eigenvalue weighted by atomic mass is 16.5. The molecule has 1 atom stereocenters. The number of hydrogen-bond acceptors (Lipinski definition) is 3. The lowest BCUT2D eigenvalue weighted by Gasteiger charge is -2.17. The maximum atomic E-state index is 11.8. The van der Waals surface area contributed by atoms with Gasteiger partial charge in [0.2, 0.25) is 5.91 Å². The van der Waals surface area contributed by atoms with Gasteiger partial charge in [-0.15, -0.1) is 0 Å². The zero-order chi connectivity index (χ0) is 17.2. The molecule has 1 rings (SSSR count). The predicted octanol–water partition coefficient (Wildman–Crippen LogP) is 3.43. The van der Waals surface area contributed by atoms with Gasteiger partial charge in [-0.2, -0.15) is 0 Å². The van der Waals surface area contributed by atoms with Crippen molar-refractivity contribution in [3.05, 3.63) is 29.3 Å². The lowest BCUT2D eigenvalue weighted by atomic mass is 10.1. The first kappa shape index (κ1) is 19.0. The molecular weight excluding hydrogens is 294 g/mol. The number of benzene rings is 1. The molecule has 23 heavy (non-hydrogen) atoms. The number of unbranched alkanes of at least 4 members (excludes halogenated alkanes) is 1. The zero-order valence-electron chi connectivity index (χ0n) is 14.2. The second-order valence-electron chi connectivity index (χ2n) is 5.83. The number of aliphatic carboxylic acids is 1. The average Bonchev–Trinajstić information content (AvgIpc) is 2.50. The van der Waals surface area contributed by atoms with E-state index in [4.69, 9.17) is 9.84 Å². The van der Waals surface area contributed by atoms with Gasteiger partial charge in [-0.1, -0.05) is 19.1 Å². The van der Waals surface area contributed by atoms with Crippen molar-refractivity contribution in [3.8, 4) is 5.75 Å². The van der Waals surface area contributed by atoms with Crippen molar-refractivity contribution in [2.75, 3.05) is 0 Å². The molecule has 5 heteroatoms. The number of nitrogens with one attached hydrogen (secondary N) is 1. The smallest absolute Gasteiger partial charge is 0.303 e.